The monoisotopic (exact) mass is 237 g/mol. The fourth-order valence-electron chi connectivity index (χ4n) is 1.49. The zero-order valence-electron chi connectivity index (χ0n) is 8.43. The zero-order chi connectivity index (χ0) is 10.7. The summed E-state index contributed by atoms with van der Waals surface area (Å²) in [7, 11) is 0. The highest BCUT2D eigenvalue weighted by atomic mass is 35.5. The third-order valence-corrected chi connectivity index (χ3v) is 4.11. The van der Waals surface area contributed by atoms with Crippen LogP contribution in [0.15, 0.2) is 41.9 Å². The fourth-order valence-corrected chi connectivity index (χ4v) is 2.65. The Bertz CT molecular complexity index is 399. The van der Waals surface area contributed by atoms with Crippen molar-refractivity contribution in [3.63, 3.8) is 0 Å². The Labute approximate surface area is 98.7 Å². The Morgan fingerprint density at radius 1 is 1.27 bits per heavy atom. The molecule has 1 nitrogen and oxygen atoms in total. The molecule has 0 saturated heterocycles. The molecular formula is C12H12ClNS. The summed E-state index contributed by atoms with van der Waals surface area (Å²) in [5.74, 6) is 0.242. The van der Waals surface area contributed by atoms with E-state index in [4.69, 9.17) is 11.6 Å². The van der Waals surface area contributed by atoms with E-state index < -0.39 is 0 Å². The minimum absolute atomic E-state index is 0.0138. The van der Waals surface area contributed by atoms with E-state index in [1.807, 2.05) is 30.5 Å². The Kier molecular flexibility index (Phi) is 3.39. The molecule has 0 spiro atoms. The van der Waals surface area contributed by atoms with Crippen molar-refractivity contribution in [2.24, 2.45) is 0 Å². The first-order valence-electron chi connectivity index (χ1n) is 4.87. The number of hydrogen-bond donors (Lipinski definition) is 0. The molecule has 78 valence electrons. The standard InChI is InChI=1S/C12H12ClNS/c1-9(10-5-2-3-7-14-10)12(13)11-6-4-8-15-11/h2-9,12H,1H3. The van der Waals surface area contributed by atoms with Crippen LogP contribution in [-0.4, -0.2) is 4.98 Å². The second kappa shape index (κ2) is 4.77. The topological polar surface area (TPSA) is 12.9 Å². The van der Waals surface area contributed by atoms with Gasteiger partial charge >= 0.3 is 0 Å². The van der Waals surface area contributed by atoms with Gasteiger partial charge in [-0.3, -0.25) is 4.98 Å². The Hall–Kier alpha value is -0.860. The van der Waals surface area contributed by atoms with Crippen molar-refractivity contribution in [3.05, 3.63) is 52.5 Å². The van der Waals surface area contributed by atoms with Crippen LogP contribution < -0.4 is 0 Å². The molecular weight excluding hydrogens is 226 g/mol. The van der Waals surface area contributed by atoms with Gasteiger partial charge in [-0.2, -0.15) is 0 Å². The van der Waals surface area contributed by atoms with Crippen LogP contribution in [0.25, 0.3) is 0 Å². The van der Waals surface area contributed by atoms with E-state index in [-0.39, 0.29) is 11.3 Å². The molecule has 0 aliphatic heterocycles. The van der Waals surface area contributed by atoms with Crippen LogP contribution in [0.1, 0.15) is 28.8 Å². The Morgan fingerprint density at radius 2 is 2.13 bits per heavy atom. The number of thiophene rings is 1. The van der Waals surface area contributed by atoms with E-state index in [0.29, 0.717) is 0 Å². The van der Waals surface area contributed by atoms with E-state index in [9.17, 15) is 0 Å². The first-order chi connectivity index (χ1) is 7.29. The summed E-state index contributed by atoms with van der Waals surface area (Å²) in [5, 5.41) is 2.07. The number of nitrogens with zero attached hydrogens (tertiary/aromatic N) is 1. The van der Waals surface area contributed by atoms with Crippen molar-refractivity contribution >= 4 is 22.9 Å². The van der Waals surface area contributed by atoms with Gasteiger partial charge in [0.05, 0.1) is 5.38 Å². The zero-order valence-corrected chi connectivity index (χ0v) is 10.0. The molecule has 0 N–H and O–H groups in total. The highest BCUT2D eigenvalue weighted by molar-refractivity contribution is 7.10. The van der Waals surface area contributed by atoms with Gasteiger partial charge in [-0.1, -0.05) is 19.1 Å². The van der Waals surface area contributed by atoms with Crippen molar-refractivity contribution < 1.29 is 0 Å². The highest BCUT2D eigenvalue weighted by Crippen LogP contribution is 2.37. The lowest BCUT2D eigenvalue weighted by molar-refractivity contribution is 0.715. The maximum absolute atomic E-state index is 6.40. The average molecular weight is 238 g/mol. The minimum Gasteiger partial charge on any atom is -0.261 e. The molecule has 0 aliphatic rings. The van der Waals surface area contributed by atoms with Gasteiger partial charge in [0.25, 0.3) is 0 Å². The van der Waals surface area contributed by atoms with Crippen molar-refractivity contribution in [3.8, 4) is 0 Å². The molecule has 0 amide bonds. The molecule has 0 fully saturated rings. The molecule has 15 heavy (non-hydrogen) atoms. The SMILES string of the molecule is CC(c1ccccn1)C(Cl)c1cccs1. The van der Waals surface area contributed by atoms with Gasteiger partial charge in [0.1, 0.15) is 0 Å². The maximum atomic E-state index is 6.40. The number of rotatable bonds is 3. The summed E-state index contributed by atoms with van der Waals surface area (Å²) in [6.45, 7) is 2.11. The van der Waals surface area contributed by atoms with E-state index in [1.165, 1.54) is 4.88 Å². The van der Waals surface area contributed by atoms with Gasteiger partial charge in [0.15, 0.2) is 0 Å². The first-order valence-corrected chi connectivity index (χ1v) is 6.19. The van der Waals surface area contributed by atoms with Gasteiger partial charge in [0.2, 0.25) is 0 Å². The smallest absolute Gasteiger partial charge is 0.0759 e. The molecule has 0 saturated carbocycles. The second-order valence-corrected chi connectivity index (χ2v) is 4.91. The van der Waals surface area contributed by atoms with Crippen LogP contribution >= 0.6 is 22.9 Å². The summed E-state index contributed by atoms with van der Waals surface area (Å²) >= 11 is 8.10. The third-order valence-electron chi connectivity index (χ3n) is 2.41. The molecule has 0 bridgehead atoms. The molecule has 0 radical (unpaired) electrons. The van der Waals surface area contributed by atoms with Crippen molar-refractivity contribution in [1.29, 1.82) is 0 Å². The minimum atomic E-state index is 0.0138. The predicted octanol–water partition coefficient (Wildman–Crippen LogP) is 4.23. The molecule has 0 aliphatic carbocycles. The summed E-state index contributed by atoms with van der Waals surface area (Å²) < 4.78 is 0. The fraction of sp³-hybridized carbons (Fsp3) is 0.250. The lowest BCUT2D eigenvalue weighted by Gasteiger charge is -2.15. The average Bonchev–Trinajstić information content (AvgIpc) is 2.82. The van der Waals surface area contributed by atoms with Gasteiger partial charge in [-0.05, 0) is 23.6 Å². The number of halogens is 1. The van der Waals surface area contributed by atoms with Crippen molar-refractivity contribution in [2.45, 2.75) is 18.2 Å². The quantitative estimate of drug-likeness (QED) is 0.729. The number of hydrogen-bond acceptors (Lipinski definition) is 2. The first kappa shape index (κ1) is 10.7. The summed E-state index contributed by atoms with van der Waals surface area (Å²) in [4.78, 5) is 5.53. The van der Waals surface area contributed by atoms with E-state index in [2.05, 4.69) is 23.4 Å². The molecule has 2 aromatic heterocycles. The lowest BCUT2D eigenvalue weighted by atomic mass is 10.0. The normalized spacial score (nSPS) is 14.8. The van der Waals surface area contributed by atoms with Crippen LogP contribution in [0.5, 0.6) is 0 Å². The molecule has 2 unspecified atom stereocenters. The number of alkyl halides is 1. The van der Waals surface area contributed by atoms with Crippen molar-refractivity contribution in [1.82, 2.24) is 4.98 Å². The molecule has 2 heterocycles. The molecule has 3 heteroatoms. The van der Waals surface area contributed by atoms with Gasteiger partial charge in [-0.25, -0.2) is 0 Å². The molecule has 2 atom stereocenters. The summed E-state index contributed by atoms with van der Waals surface area (Å²) in [6.07, 6.45) is 1.81. The van der Waals surface area contributed by atoms with E-state index >= 15 is 0 Å². The molecule has 0 aromatic carbocycles. The maximum Gasteiger partial charge on any atom is 0.0759 e. The largest absolute Gasteiger partial charge is 0.261 e. The summed E-state index contributed by atoms with van der Waals surface area (Å²) in [6, 6.07) is 10.0. The van der Waals surface area contributed by atoms with Crippen LogP contribution in [0.2, 0.25) is 0 Å². The van der Waals surface area contributed by atoms with Crippen LogP contribution in [0.4, 0.5) is 0 Å². The lowest BCUT2D eigenvalue weighted by Crippen LogP contribution is -2.02. The Morgan fingerprint density at radius 3 is 2.73 bits per heavy atom. The molecule has 2 rings (SSSR count). The van der Waals surface area contributed by atoms with Crippen LogP contribution in [-0.2, 0) is 0 Å². The number of aromatic nitrogens is 1. The van der Waals surface area contributed by atoms with E-state index in [1.54, 1.807) is 11.3 Å². The second-order valence-electron chi connectivity index (χ2n) is 3.46. The van der Waals surface area contributed by atoms with Crippen molar-refractivity contribution in [2.75, 3.05) is 0 Å². The third kappa shape index (κ3) is 2.39. The van der Waals surface area contributed by atoms with Crippen LogP contribution in [0, 0.1) is 0 Å². The Balaban J connectivity index is 2.18. The number of pyridine rings is 1. The summed E-state index contributed by atoms with van der Waals surface area (Å²) in [5.41, 5.74) is 1.05. The van der Waals surface area contributed by atoms with Gasteiger partial charge in [0, 0.05) is 22.7 Å². The predicted molar refractivity (Wildman–Crippen MR) is 65.6 cm³/mol. The van der Waals surface area contributed by atoms with Gasteiger partial charge < -0.3 is 0 Å². The van der Waals surface area contributed by atoms with E-state index in [0.717, 1.165) is 5.69 Å². The van der Waals surface area contributed by atoms with Gasteiger partial charge in [-0.15, -0.1) is 22.9 Å². The van der Waals surface area contributed by atoms with Crippen LogP contribution in [0.3, 0.4) is 0 Å². The highest BCUT2D eigenvalue weighted by Gasteiger charge is 2.19. The molecule has 2 aromatic rings.